The number of sulfonamides is 1. The van der Waals surface area contributed by atoms with Gasteiger partial charge in [0, 0.05) is 24.7 Å². The van der Waals surface area contributed by atoms with Crippen LogP contribution in [0, 0.1) is 0 Å². The topological polar surface area (TPSA) is 111 Å². The molecule has 0 saturated carbocycles. The van der Waals surface area contributed by atoms with Crippen molar-refractivity contribution in [3.8, 4) is 5.75 Å². The molecule has 7 nitrogen and oxygen atoms in total. The molecule has 1 heterocycles. The quantitative estimate of drug-likeness (QED) is 0.654. The van der Waals surface area contributed by atoms with Crippen LogP contribution in [0.3, 0.4) is 0 Å². The molecule has 20 heavy (non-hydrogen) atoms. The lowest BCUT2D eigenvalue weighted by atomic mass is 10.2. The second-order valence-electron chi connectivity index (χ2n) is 4.57. The van der Waals surface area contributed by atoms with Gasteiger partial charge in [-0.15, -0.1) is 0 Å². The van der Waals surface area contributed by atoms with Gasteiger partial charge in [-0.05, 0) is 24.6 Å². The predicted octanol–water partition coefficient (Wildman–Crippen LogP) is -0.166. The molecule has 1 atom stereocenters. The summed E-state index contributed by atoms with van der Waals surface area (Å²) >= 11 is 0. The van der Waals surface area contributed by atoms with E-state index < -0.39 is 10.0 Å². The van der Waals surface area contributed by atoms with Gasteiger partial charge in [-0.25, -0.2) is 13.1 Å². The fourth-order valence-electron chi connectivity index (χ4n) is 2.02. The van der Waals surface area contributed by atoms with E-state index in [0.717, 1.165) is 0 Å². The van der Waals surface area contributed by atoms with Crippen LogP contribution in [0.4, 0.5) is 5.69 Å². The first-order valence-corrected chi connectivity index (χ1v) is 7.63. The number of hydrogen-bond donors (Lipinski definition) is 3. The van der Waals surface area contributed by atoms with Crippen molar-refractivity contribution in [1.82, 2.24) is 10.0 Å². The Labute approximate surface area is 117 Å². The van der Waals surface area contributed by atoms with Gasteiger partial charge in [-0.2, -0.15) is 0 Å². The summed E-state index contributed by atoms with van der Waals surface area (Å²) in [6.07, 6.45) is 1.05. The summed E-state index contributed by atoms with van der Waals surface area (Å²) in [5, 5.41) is 2.70. The number of anilines is 1. The maximum atomic E-state index is 12.2. The van der Waals surface area contributed by atoms with Gasteiger partial charge in [-0.3, -0.25) is 4.79 Å². The summed E-state index contributed by atoms with van der Waals surface area (Å²) in [4.78, 5) is 11.1. The van der Waals surface area contributed by atoms with E-state index in [1.807, 2.05) is 0 Å². The minimum absolute atomic E-state index is 0.00989. The van der Waals surface area contributed by atoms with Crippen molar-refractivity contribution in [3.05, 3.63) is 18.2 Å². The largest absolute Gasteiger partial charge is 0.495 e. The molecule has 0 aliphatic carbocycles. The highest BCUT2D eigenvalue weighted by Crippen LogP contribution is 2.25. The third-order valence-electron chi connectivity index (χ3n) is 3.08. The van der Waals surface area contributed by atoms with Crippen molar-refractivity contribution in [1.29, 1.82) is 0 Å². The molecular formula is C12H17N3O4S. The van der Waals surface area contributed by atoms with Gasteiger partial charge < -0.3 is 15.8 Å². The van der Waals surface area contributed by atoms with E-state index in [-0.39, 0.29) is 29.1 Å². The highest BCUT2D eigenvalue weighted by molar-refractivity contribution is 7.89. The highest BCUT2D eigenvalue weighted by atomic mass is 32.2. The lowest BCUT2D eigenvalue weighted by Crippen LogP contribution is -2.38. The normalized spacial score (nSPS) is 18.9. The van der Waals surface area contributed by atoms with E-state index >= 15 is 0 Å². The van der Waals surface area contributed by atoms with Crippen LogP contribution in [0.25, 0.3) is 0 Å². The molecule has 1 aliphatic heterocycles. The first kappa shape index (κ1) is 14.6. The average molecular weight is 299 g/mol. The standard InChI is InChI=1S/C12H17N3O4S/c1-19-10-4-2-8(13)6-11(10)20(17,18)14-7-9-3-5-12(16)15-9/h2,4,6,9,14H,3,5,7,13H2,1H3,(H,15,16). The molecule has 0 aromatic heterocycles. The zero-order valence-electron chi connectivity index (χ0n) is 11.0. The SMILES string of the molecule is COc1ccc(N)cc1S(=O)(=O)NCC1CCC(=O)N1. The van der Waals surface area contributed by atoms with E-state index in [2.05, 4.69) is 10.0 Å². The number of carbonyl (C=O) groups is 1. The Kier molecular flexibility index (Phi) is 4.15. The minimum Gasteiger partial charge on any atom is -0.495 e. The molecule has 1 amide bonds. The third-order valence-corrected chi connectivity index (χ3v) is 4.53. The Morgan fingerprint density at radius 2 is 2.25 bits per heavy atom. The first-order chi connectivity index (χ1) is 9.42. The molecule has 2 rings (SSSR count). The second-order valence-corrected chi connectivity index (χ2v) is 6.30. The fraction of sp³-hybridized carbons (Fsp3) is 0.417. The number of rotatable bonds is 5. The van der Waals surface area contributed by atoms with E-state index in [1.54, 1.807) is 6.07 Å². The molecule has 0 bridgehead atoms. The summed E-state index contributed by atoms with van der Waals surface area (Å²) in [7, 11) is -2.35. The zero-order valence-corrected chi connectivity index (χ0v) is 11.9. The van der Waals surface area contributed by atoms with Gasteiger partial charge in [0.15, 0.2) is 0 Å². The molecule has 4 N–H and O–H groups in total. The van der Waals surface area contributed by atoms with E-state index in [4.69, 9.17) is 10.5 Å². The molecule has 0 spiro atoms. The Hall–Kier alpha value is -1.80. The van der Waals surface area contributed by atoms with Gasteiger partial charge in [-0.1, -0.05) is 0 Å². The highest BCUT2D eigenvalue weighted by Gasteiger charge is 2.25. The average Bonchev–Trinajstić information content (AvgIpc) is 2.82. The van der Waals surface area contributed by atoms with Crippen LogP contribution in [-0.4, -0.2) is 34.0 Å². The molecule has 1 aromatic rings. The smallest absolute Gasteiger partial charge is 0.244 e. The van der Waals surface area contributed by atoms with E-state index in [1.165, 1.54) is 19.2 Å². The summed E-state index contributed by atoms with van der Waals surface area (Å²) < 4.78 is 32.0. The molecule has 0 radical (unpaired) electrons. The second kappa shape index (κ2) is 5.68. The summed E-state index contributed by atoms with van der Waals surface area (Å²) in [6, 6.07) is 4.23. The fourth-order valence-corrected chi connectivity index (χ4v) is 3.31. The van der Waals surface area contributed by atoms with Crippen LogP contribution in [0.1, 0.15) is 12.8 Å². The van der Waals surface area contributed by atoms with Crippen LogP contribution in [0.15, 0.2) is 23.1 Å². The van der Waals surface area contributed by atoms with Gasteiger partial charge >= 0.3 is 0 Å². The molecule has 1 saturated heterocycles. The predicted molar refractivity (Wildman–Crippen MR) is 73.8 cm³/mol. The number of methoxy groups -OCH3 is 1. The minimum atomic E-state index is -3.74. The van der Waals surface area contributed by atoms with Crippen LogP contribution in [0.2, 0.25) is 0 Å². The number of nitrogens with one attached hydrogen (secondary N) is 2. The Balaban J connectivity index is 2.14. The van der Waals surface area contributed by atoms with Gasteiger partial charge in [0.05, 0.1) is 7.11 Å². The van der Waals surface area contributed by atoms with Crippen molar-refractivity contribution in [2.75, 3.05) is 19.4 Å². The molecule has 1 fully saturated rings. The van der Waals surface area contributed by atoms with E-state index in [0.29, 0.717) is 18.5 Å². The maximum absolute atomic E-state index is 12.2. The summed E-state index contributed by atoms with van der Waals surface area (Å²) in [5.41, 5.74) is 5.94. The Morgan fingerprint density at radius 1 is 1.50 bits per heavy atom. The lowest BCUT2D eigenvalue weighted by Gasteiger charge is -2.14. The molecule has 8 heteroatoms. The first-order valence-electron chi connectivity index (χ1n) is 6.15. The van der Waals surface area contributed by atoms with Crippen molar-refractivity contribution < 1.29 is 17.9 Å². The van der Waals surface area contributed by atoms with Crippen molar-refractivity contribution >= 4 is 21.6 Å². The van der Waals surface area contributed by atoms with Crippen molar-refractivity contribution in [3.63, 3.8) is 0 Å². The summed E-state index contributed by atoms with van der Waals surface area (Å²) in [6.45, 7) is 0.145. The van der Waals surface area contributed by atoms with Crippen LogP contribution >= 0.6 is 0 Å². The number of ether oxygens (including phenoxy) is 1. The van der Waals surface area contributed by atoms with Crippen LogP contribution in [-0.2, 0) is 14.8 Å². The van der Waals surface area contributed by atoms with Crippen molar-refractivity contribution in [2.45, 2.75) is 23.8 Å². The Bertz CT molecular complexity index is 615. The van der Waals surface area contributed by atoms with E-state index in [9.17, 15) is 13.2 Å². The molecule has 110 valence electrons. The monoisotopic (exact) mass is 299 g/mol. The van der Waals surface area contributed by atoms with Crippen molar-refractivity contribution in [2.24, 2.45) is 0 Å². The van der Waals surface area contributed by atoms with Crippen LogP contribution in [0.5, 0.6) is 5.75 Å². The molecule has 1 aromatic carbocycles. The van der Waals surface area contributed by atoms with Gasteiger partial charge in [0.2, 0.25) is 15.9 Å². The number of benzene rings is 1. The van der Waals surface area contributed by atoms with Gasteiger partial charge in [0.1, 0.15) is 10.6 Å². The maximum Gasteiger partial charge on any atom is 0.244 e. The molecule has 1 aliphatic rings. The number of nitrogens with two attached hydrogens (primary N) is 1. The molecular weight excluding hydrogens is 282 g/mol. The number of amides is 1. The Morgan fingerprint density at radius 3 is 2.85 bits per heavy atom. The third kappa shape index (κ3) is 3.20. The number of nitrogen functional groups attached to an aromatic ring is 1. The number of hydrogen-bond acceptors (Lipinski definition) is 5. The summed E-state index contributed by atoms with van der Waals surface area (Å²) in [5.74, 6) is 0.165. The lowest BCUT2D eigenvalue weighted by molar-refractivity contribution is -0.119. The number of carbonyl (C=O) groups excluding carboxylic acids is 1. The van der Waals surface area contributed by atoms with Gasteiger partial charge in [0.25, 0.3) is 0 Å². The zero-order chi connectivity index (χ0) is 14.8. The van der Waals surface area contributed by atoms with Crippen LogP contribution < -0.4 is 20.5 Å². The molecule has 1 unspecified atom stereocenters.